The first kappa shape index (κ1) is 12.3. The standard InChI is InChI=1S/C13H18N2OS/c1-4-5-9(2)6-15-8-14-11-10(3)7-17-12(11)13(15)16/h7-9H,4-6H2,1-3H3. The average molecular weight is 250 g/mol. The summed E-state index contributed by atoms with van der Waals surface area (Å²) < 4.78 is 2.53. The molecule has 0 saturated carbocycles. The Morgan fingerprint density at radius 3 is 3.00 bits per heavy atom. The number of nitrogens with zero attached hydrogens (tertiary/aromatic N) is 2. The van der Waals surface area contributed by atoms with E-state index in [1.54, 1.807) is 10.9 Å². The molecule has 0 N–H and O–H groups in total. The molecule has 1 atom stereocenters. The highest BCUT2D eigenvalue weighted by molar-refractivity contribution is 7.17. The predicted molar refractivity (Wildman–Crippen MR) is 72.7 cm³/mol. The zero-order valence-corrected chi connectivity index (χ0v) is 11.4. The molecule has 2 aromatic rings. The Morgan fingerprint density at radius 2 is 2.29 bits per heavy atom. The van der Waals surface area contributed by atoms with Gasteiger partial charge in [-0.2, -0.15) is 0 Å². The summed E-state index contributed by atoms with van der Waals surface area (Å²) in [6.45, 7) is 7.12. The molecular weight excluding hydrogens is 232 g/mol. The molecule has 2 aromatic heterocycles. The van der Waals surface area contributed by atoms with Crippen LogP contribution in [0.5, 0.6) is 0 Å². The van der Waals surface area contributed by atoms with Gasteiger partial charge in [0, 0.05) is 6.54 Å². The normalized spacial score (nSPS) is 13.1. The summed E-state index contributed by atoms with van der Waals surface area (Å²) in [5.74, 6) is 0.526. The monoisotopic (exact) mass is 250 g/mol. The van der Waals surface area contributed by atoms with E-state index in [1.165, 1.54) is 11.3 Å². The SMILES string of the molecule is CCCC(C)Cn1cnc2c(C)csc2c1=O. The Balaban J connectivity index is 2.36. The van der Waals surface area contributed by atoms with E-state index in [0.29, 0.717) is 5.92 Å². The average Bonchev–Trinajstić information content (AvgIpc) is 2.66. The Hall–Kier alpha value is -1.16. The molecule has 0 saturated heterocycles. The molecule has 17 heavy (non-hydrogen) atoms. The second-order valence-corrected chi connectivity index (χ2v) is 5.57. The summed E-state index contributed by atoms with van der Waals surface area (Å²) in [7, 11) is 0. The van der Waals surface area contributed by atoms with Crippen molar-refractivity contribution in [2.24, 2.45) is 5.92 Å². The van der Waals surface area contributed by atoms with Crippen LogP contribution in [0.4, 0.5) is 0 Å². The van der Waals surface area contributed by atoms with Gasteiger partial charge >= 0.3 is 0 Å². The van der Waals surface area contributed by atoms with Crippen molar-refractivity contribution in [3.05, 3.63) is 27.6 Å². The van der Waals surface area contributed by atoms with E-state index in [1.807, 2.05) is 12.3 Å². The molecule has 0 aliphatic heterocycles. The first-order valence-electron chi connectivity index (χ1n) is 6.06. The van der Waals surface area contributed by atoms with Crippen LogP contribution in [0, 0.1) is 12.8 Å². The van der Waals surface area contributed by atoms with Crippen molar-refractivity contribution < 1.29 is 0 Å². The van der Waals surface area contributed by atoms with Crippen molar-refractivity contribution >= 4 is 21.6 Å². The van der Waals surface area contributed by atoms with Gasteiger partial charge in [0.2, 0.25) is 0 Å². The minimum absolute atomic E-state index is 0.107. The highest BCUT2D eigenvalue weighted by Crippen LogP contribution is 2.19. The number of rotatable bonds is 4. The third kappa shape index (κ3) is 2.41. The van der Waals surface area contributed by atoms with Gasteiger partial charge in [-0.25, -0.2) is 4.98 Å². The van der Waals surface area contributed by atoms with Gasteiger partial charge in [-0.15, -0.1) is 11.3 Å². The number of hydrogen-bond donors (Lipinski definition) is 0. The molecule has 1 unspecified atom stereocenters. The van der Waals surface area contributed by atoms with E-state index < -0.39 is 0 Å². The molecule has 92 valence electrons. The van der Waals surface area contributed by atoms with Gasteiger partial charge in [0.25, 0.3) is 5.56 Å². The van der Waals surface area contributed by atoms with Crippen LogP contribution >= 0.6 is 11.3 Å². The topological polar surface area (TPSA) is 34.9 Å². The van der Waals surface area contributed by atoms with Crippen LogP contribution < -0.4 is 5.56 Å². The van der Waals surface area contributed by atoms with Crippen molar-refractivity contribution in [1.82, 2.24) is 9.55 Å². The van der Waals surface area contributed by atoms with Gasteiger partial charge in [-0.3, -0.25) is 9.36 Å². The quantitative estimate of drug-likeness (QED) is 0.835. The number of hydrogen-bond acceptors (Lipinski definition) is 3. The van der Waals surface area contributed by atoms with Crippen LogP contribution in [0.3, 0.4) is 0 Å². The summed E-state index contributed by atoms with van der Waals surface area (Å²) >= 11 is 1.50. The van der Waals surface area contributed by atoms with Gasteiger partial charge in [-0.05, 0) is 30.2 Å². The first-order valence-corrected chi connectivity index (χ1v) is 6.94. The highest BCUT2D eigenvalue weighted by atomic mass is 32.1. The molecule has 0 spiro atoms. The maximum atomic E-state index is 12.2. The van der Waals surface area contributed by atoms with Crippen molar-refractivity contribution in [3.8, 4) is 0 Å². The predicted octanol–water partition coefficient (Wildman–Crippen LogP) is 3.20. The lowest BCUT2D eigenvalue weighted by atomic mass is 10.1. The van der Waals surface area contributed by atoms with E-state index in [-0.39, 0.29) is 5.56 Å². The molecule has 2 rings (SSSR count). The van der Waals surface area contributed by atoms with Gasteiger partial charge < -0.3 is 0 Å². The van der Waals surface area contributed by atoms with Gasteiger partial charge in [-0.1, -0.05) is 20.3 Å². The summed E-state index contributed by atoms with van der Waals surface area (Å²) in [6, 6.07) is 0. The number of thiophene rings is 1. The summed E-state index contributed by atoms with van der Waals surface area (Å²) in [5, 5.41) is 2.00. The Kier molecular flexibility index (Phi) is 3.62. The molecule has 3 nitrogen and oxygen atoms in total. The maximum Gasteiger partial charge on any atom is 0.271 e. The minimum Gasteiger partial charge on any atom is -0.298 e. The molecule has 0 radical (unpaired) electrons. The molecule has 0 aliphatic rings. The Bertz CT molecular complexity index is 570. The first-order chi connectivity index (χ1) is 8.13. The zero-order valence-electron chi connectivity index (χ0n) is 10.6. The van der Waals surface area contributed by atoms with E-state index in [0.717, 1.165) is 35.2 Å². The highest BCUT2D eigenvalue weighted by Gasteiger charge is 2.10. The molecule has 0 bridgehead atoms. The fourth-order valence-electron chi connectivity index (χ4n) is 2.11. The summed E-state index contributed by atoms with van der Waals surface area (Å²) in [6.07, 6.45) is 3.99. The number of aryl methyl sites for hydroxylation is 1. The lowest BCUT2D eigenvalue weighted by molar-refractivity contribution is 0.437. The van der Waals surface area contributed by atoms with E-state index in [2.05, 4.69) is 18.8 Å². The molecular formula is C13H18N2OS. The largest absolute Gasteiger partial charge is 0.298 e. The molecule has 0 aliphatic carbocycles. The lowest BCUT2D eigenvalue weighted by Gasteiger charge is -2.11. The van der Waals surface area contributed by atoms with Crippen molar-refractivity contribution in [3.63, 3.8) is 0 Å². The van der Waals surface area contributed by atoms with E-state index >= 15 is 0 Å². The molecule has 0 aromatic carbocycles. The van der Waals surface area contributed by atoms with Gasteiger partial charge in [0.05, 0.1) is 11.8 Å². The van der Waals surface area contributed by atoms with Crippen molar-refractivity contribution in [2.45, 2.75) is 40.2 Å². The number of fused-ring (bicyclic) bond motifs is 1. The fraction of sp³-hybridized carbons (Fsp3) is 0.538. The van der Waals surface area contributed by atoms with Crippen LogP contribution in [-0.4, -0.2) is 9.55 Å². The zero-order chi connectivity index (χ0) is 12.4. The Morgan fingerprint density at radius 1 is 1.53 bits per heavy atom. The smallest absolute Gasteiger partial charge is 0.271 e. The molecule has 0 fully saturated rings. The van der Waals surface area contributed by atoms with E-state index in [9.17, 15) is 4.79 Å². The third-order valence-corrected chi connectivity index (χ3v) is 4.09. The molecule has 0 amide bonds. The van der Waals surface area contributed by atoms with Crippen LogP contribution in [0.2, 0.25) is 0 Å². The van der Waals surface area contributed by atoms with E-state index in [4.69, 9.17) is 0 Å². The Labute approximate surface area is 105 Å². The molecule has 2 heterocycles. The van der Waals surface area contributed by atoms with Crippen LogP contribution in [0.15, 0.2) is 16.5 Å². The van der Waals surface area contributed by atoms with Gasteiger partial charge in [0.1, 0.15) is 4.70 Å². The third-order valence-electron chi connectivity index (χ3n) is 3.01. The second-order valence-electron chi connectivity index (χ2n) is 4.69. The maximum absolute atomic E-state index is 12.2. The lowest BCUT2D eigenvalue weighted by Crippen LogP contribution is -2.22. The summed E-state index contributed by atoms with van der Waals surface area (Å²) in [4.78, 5) is 16.6. The second kappa shape index (κ2) is 5.00. The van der Waals surface area contributed by atoms with Gasteiger partial charge in [0.15, 0.2) is 0 Å². The van der Waals surface area contributed by atoms with Crippen LogP contribution in [-0.2, 0) is 6.54 Å². The number of aromatic nitrogens is 2. The van der Waals surface area contributed by atoms with Crippen molar-refractivity contribution in [2.75, 3.05) is 0 Å². The fourth-order valence-corrected chi connectivity index (χ4v) is 3.06. The summed E-state index contributed by atoms with van der Waals surface area (Å²) in [5.41, 5.74) is 2.06. The molecule has 4 heteroatoms. The van der Waals surface area contributed by atoms with Crippen LogP contribution in [0.1, 0.15) is 32.3 Å². The van der Waals surface area contributed by atoms with Crippen molar-refractivity contribution in [1.29, 1.82) is 0 Å². The van der Waals surface area contributed by atoms with Crippen LogP contribution in [0.25, 0.3) is 10.2 Å². The minimum atomic E-state index is 0.107.